The molecular weight excluding hydrogens is 212 g/mol. The molecule has 2 aliphatic heterocycles. The van der Waals surface area contributed by atoms with Crippen molar-refractivity contribution >= 4 is 0 Å². The quantitative estimate of drug-likeness (QED) is 0.740. The molecule has 2 heterocycles. The van der Waals surface area contributed by atoms with Gasteiger partial charge in [-0.3, -0.25) is 4.90 Å². The van der Waals surface area contributed by atoms with E-state index in [1.54, 1.807) is 0 Å². The molecule has 0 aromatic rings. The average molecular weight is 236 g/mol. The van der Waals surface area contributed by atoms with Gasteiger partial charge in [-0.25, -0.2) is 0 Å². The largest absolute Gasteiger partial charge is 0.381 e. The molecule has 0 aliphatic carbocycles. The van der Waals surface area contributed by atoms with Gasteiger partial charge in [-0.2, -0.15) is 0 Å². The molecular formula is C14H24N2O. The van der Waals surface area contributed by atoms with Gasteiger partial charge in [0.15, 0.2) is 0 Å². The third kappa shape index (κ3) is 3.70. The summed E-state index contributed by atoms with van der Waals surface area (Å²) in [5.41, 5.74) is 0. The van der Waals surface area contributed by atoms with E-state index in [0.717, 1.165) is 32.8 Å². The number of hydrogen-bond donors (Lipinski definition) is 1. The van der Waals surface area contributed by atoms with Crippen LogP contribution in [0, 0.1) is 18.3 Å². The number of terminal acetylenes is 1. The van der Waals surface area contributed by atoms with Crippen LogP contribution in [0.15, 0.2) is 0 Å². The van der Waals surface area contributed by atoms with Gasteiger partial charge in [-0.05, 0) is 32.1 Å². The monoisotopic (exact) mass is 236 g/mol. The highest BCUT2D eigenvalue weighted by atomic mass is 16.5. The van der Waals surface area contributed by atoms with E-state index in [2.05, 4.69) is 23.1 Å². The fourth-order valence-corrected chi connectivity index (χ4v) is 2.84. The summed E-state index contributed by atoms with van der Waals surface area (Å²) in [7, 11) is 0. The zero-order chi connectivity index (χ0) is 12.1. The van der Waals surface area contributed by atoms with E-state index in [1.165, 1.54) is 19.3 Å². The minimum Gasteiger partial charge on any atom is -0.381 e. The maximum absolute atomic E-state index is 5.45. The van der Waals surface area contributed by atoms with Gasteiger partial charge in [0.1, 0.15) is 0 Å². The number of nitrogens with one attached hydrogen (secondary N) is 1. The number of likely N-dealkylation sites (tertiary alicyclic amines) is 1. The third-order valence-corrected chi connectivity index (χ3v) is 4.07. The third-order valence-electron chi connectivity index (χ3n) is 4.07. The molecule has 2 rings (SSSR count). The first-order valence-corrected chi connectivity index (χ1v) is 6.79. The van der Waals surface area contributed by atoms with E-state index in [1.807, 2.05) is 0 Å². The molecule has 2 fully saturated rings. The molecule has 0 radical (unpaired) electrons. The lowest BCUT2D eigenvalue weighted by Gasteiger charge is -2.34. The summed E-state index contributed by atoms with van der Waals surface area (Å²) in [4.78, 5) is 2.36. The van der Waals surface area contributed by atoms with Gasteiger partial charge in [0.2, 0.25) is 0 Å². The molecule has 17 heavy (non-hydrogen) atoms. The molecule has 0 bridgehead atoms. The van der Waals surface area contributed by atoms with Gasteiger partial charge in [0, 0.05) is 31.8 Å². The molecule has 0 saturated carbocycles. The second kappa shape index (κ2) is 6.39. The maximum Gasteiger partial charge on any atom is 0.0598 e. The summed E-state index contributed by atoms with van der Waals surface area (Å²) >= 11 is 0. The Kier molecular flexibility index (Phi) is 4.85. The molecule has 0 aromatic heterocycles. The minimum atomic E-state index is 0.585. The van der Waals surface area contributed by atoms with E-state index >= 15 is 0 Å². The Bertz CT molecular complexity index is 260. The summed E-state index contributed by atoms with van der Waals surface area (Å²) in [5, 5.41) is 3.77. The summed E-state index contributed by atoms with van der Waals surface area (Å²) < 4.78 is 5.45. The first-order valence-electron chi connectivity index (χ1n) is 6.79. The van der Waals surface area contributed by atoms with Crippen molar-refractivity contribution in [3.8, 4) is 12.3 Å². The van der Waals surface area contributed by atoms with Crippen molar-refractivity contribution in [2.75, 3.05) is 32.8 Å². The number of nitrogens with zero attached hydrogens (tertiary/aromatic N) is 1. The standard InChI is InChI=1S/C14H24N2O/c1-3-7-16-8-4-14(5-9-16)15-12(2)13-6-10-17-11-13/h1,12-15H,4-11H2,2H3. The van der Waals surface area contributed by atoms with Crippen LogP contribution in [0.2, 0.25) is 0 Å². The lowest BCUT2D eigenvalue weighted by molar-refractivity contribution is 0.167. The van der Waals surface area contributed by atoms with Gasteiger partial charge >= 0.3 is 0 Å². The molecule has 96 valence electrons. The fourth-order valence-electron chi connectivity index (χ4n) is 2.84. The normalized spacial score (nSPS) is 29.1. The number of ether oxygens (including phenoxy) is 1. The molecule has 2 saturated heterocycles. The van der Waals surface area contributed by atoms with Gasteiger partial charge < -0.3 is 10.1 Å². The predicted molar refractivity (Wildman–Crippen MR) is 69.8 cm³/mol. The molecule has 0 amide bonds. The van der Waals surface area contributed by atoms with Crippen molar-refractivity contribution in [2.24, 2.45) is 5.92 Å². The van der Waals surface area contributed by atoms with Gasteiger partial charge in [-0.15, -0.1) is 6.42 Å². The maximum atomic E-state index is 5.45. The Balaban J connectivity index is 1.68. The molecule has 2 unspecified atom stereocenters. The van der Waals surface area contributed by atoms with Gasteiger partial charge in [-0.1, -0.05) is 5.92 Å². The summed E-state index contributed by atoms with van der Waals surface area (Å²) in [6.07, 6.45) is 8.99. The smallest absolute Gasteiger partial charge is 0.0598 e. The summed E-state index contributed by atoms with van der Waals surface area (Å²) in [5.74, 6) is 3.43. The van der Waals surface area contributed by atoms with E-state index in [-0.39, 0.29) is 0 Å². The first-order chi connectivity index (χ1) is 8.29. The molecule has 3 nitrogen and oxygen atoms in total. The average Bonchev–Trinajstić information content (AvgIpc) is 2.86. The Labute approximate surface area is 105 Å². The highest BCUT2D eigenvalue weighted by Gasteiger charge is 2.26. The lowest BCUT2D eigenvalue weighted by atomic mass is 9.97. The number of piperidine rings is 1. The second-order valence-corrected chi connectivity index (χ2v) is 5.33. The number of rotatable bonds is 4. The van der Waals surface area contributed by atoms with Crippen LogP contribution in [0.3, 0.4) is 0 Å². The molecule has 0 spiro atoms. The Morgan fingerprint density at radius 3 is 2.76 bits per heavy atom. The van der Waals surface area contributed by atoms with E-state index in [9.17, 15) is 0 Å². The SMILES string of the molecule is C#CCN1CCC(NC(C)C2CCOC2)CC1. The van der Waals surface area contributed by atoms with Crippen LogP contribution < -0.4 is 5.32 Å². The lowest BCUT2D eigenvalue weighted by Crippen LogP contribution is -2.47. The van der Waals surface area contributed by atoms with Gasteiger partial charge in [0.25, 0.3) is 0 Å². The highest BCUT2D eigenvalue weighted by molar-refractivity contribution is 4.91. The Morgan fingerprint density at radius 2 is 2.18 bits per heavy atom. The first kappa shape index (κ1) is 12.9. The van der Waals surface area contributed by atoms with Crippen LogP contribution in [0.1, 0.15) is 26.2 Å². The van der Waals surface area contributed by atoms with Crippen molar-refractivity contribution in [1.82, 2.24) is 10.2 Å². The topological polar surface area (TPSA) is 24.5 Å². The van der Waals surface area contributed by atoms with E-state index < -0.39 is 0 Å². The van der Waals surface area contributed by atoms with Crippen molar-refractivity contribution < 1.29 is 4.74 Å². The van der Waals surface area contributed by atoms with Crippen LogP contribution >= 0.6 is 0 Å². The summed E-state index contributed by atoms with van der Waals surface area (Å²) in [6, 6.07) is 1.25. The number of hydrogen-bond acceptors (Lipinski definition) is 3. The van der Waals surface area contributed by atoms with Crippen LogP contribution in [0.5, 0.6) is 0 Å². The van der Waals surface area contributed by atoms with Crippen molar-refractivity contribution in [1.29, 1.82) is 0 Å². The molecule has 3 heteroatoms. The minimum absolute atomic E-state index is 0.585. The Hall–Kier alpha value is -0.560. The van der Waals surface area contributed by atoms with Crippen molar-refractivity contribution in [2.45, 2.75) is 38.3 Å². The van der Waals surface area contributed by atoms with Crippen LogP contribution in [-0.4, -0.2) is 49.8 Å². The molecule has 1 N–H and O–H groups in total. The van der Waals surface area contributed by atoms with E-state index in [4.69, 9.17) is 11.2 Å². The van der Waals surface area contributed by atoms with Crippen molar-refractivity contribution in [3.63, 3.8) is 0 Å². The van der Waals surface area contributed by atoms with E-state index in [0.29, 0.717) is 18.0 Å². The zero-order valence-electron chi connectivity index (χ0n) is 10.8. The predicted octanol–water partition coefficient (Wildman–Crippen LogP) is 1.10. The van der Waals surface area contributed by atoms with Crippen LogP contribution in [-0.2, 0) is 4.74 Å². The Morgan fingerprint density at radius 1 is 1.41 bits per heavy atom. The van der Waals surface area contributed by atoms with Crippen LogP contribution in [0.4, 0.5) is 0 Å². The molecule has 0 aromatic carbocycles. The fraction of sp³-hybridized carbons (Fsp3) is 0.857. The highest BCUT2D eigenvalue weighted by Crippen LogP contribution is 2.18. The van der Waals surface area contributed by atoms with Crippen molar-refractivity contribution in [3.05, 3.63) is 0 Å². The molecule has 2 aliphatic rings. The second-order valence-electron chi connectivity index (χ2n) is 5.33. The van der Waals surface area contributed by atoms with Crippen LogP contribution in [0.25, 0.3) is 0 Å². The zero-order valence-corrected chi connectivity index (χ0v) is 10.8. The summed E-state index contributed by atoms with van der Waals surface area (Å²) in [6.45, 7) is 7.25. The molecule has 2 atom stereocenters. The van der Waals surface area contributed by atoms with Gasteiger partial charge in [0.05, 0.1) is 13.2 Å².